The Morgan fingerprint density at radius 1 is 1.25 bits per heavy atom. The zero-order valence-corrected chi connectivity index (χ0v) is 13.7. The van der Waals surface area contributed by atoms with Crippen LogP contribution in [0.4, 0.5) is 17.5 Å². The highest BCUT2D eigenvalue weighted by Gasteiger charge is 2.13. The fraction of sp³-hybridized carbons (Fsp3) is 0.143. The molecule has 0 fully saturated rings. The minimum Gasteiger partial charge on any atom is -0.382 e. The molecule has 0 aliphatic rings. The molecule has 0 saturated carbocycles. The number of nitrogens with zero attached hydrogens (tertiary/aromatic N) is 4. The molecule has 1 aromatic carbocycles. The number of hydrogen-bond donors (Lipinski definition) is 4. The summed E-state index contributed by atoms with van der Waals surface area (Å²) in [5.41, 5.74) is 13.3. The van der Waals surface area contributed by atoms with Gasteiger partial charge in [0, 0.05) is 17.7 Å². The van der Waals surface area contributed by atoms with Gasteiger partial charge in [-0.3, -0.25) is 4.57 Å². The first-order chi connectivity index (χ1) is 11.3. The van der Waals surface area contributed by atoms with Gasteiger partial charge in [0.1, 0.15) is 0 Å². The molecule has 2 aromatic heterocycles. The van der Waals surface area contributed by atoms with E-state index in [-0.39, 0.29) is 11.8 Å². The summed E-state index contributed by atoms with van der Waals surface area (Å²) in [6, 6.07) is 6.76. The summed E-state index contributed by atoms with van der Waals surface area (Å²) in [6.45, 7) is 1.66. The summed E-state index contributed by atoms with van der Waals surface area (Å²) >= 11 is 0. The molecular formula is C14H16N7O2P. The van der Waals surface area contributed by atoms with Crippen molar-refractivity contribution in [1.29, 1.82) is 0 Å². The molecule has 3 aromatic rings. The molecular weight excluding hydrogens is 329 g/mol. The van der Waals surface area contributed by atoms with E-state index in [9.17, 15) is 9.46 Å². The minimum absolute atomic E-state index is 0.0463. The molecule has 0 aliphatic carbocycles. The predicted molar refractivity (Wildman–Crippen MR) is 93.1 cm³/mol. The summed E-state index contributed by atoms with van der Waals surface area (Å²) < 4.78 is 11.7. The van der Waals surface area contributed by atoms with Crippen LogP contribution in [0.15, 0.2) is 30.5 Å². The third-order valence-corrected chi connectivity index (χ3v) is 4.54. The van der Waals surface area contributed by atoms with Crippen LogP contribution in [-0.4, -0.2) is 31.5 Å². The number of fused-ring (bicyclic) bond motifs is 1. The average molecular weight is 345 g/mol. The van der Waals surface area contributed by atoms with Gasteiger partial charge in [-0.1, -0.05) is 6.07 Å². The predicted octanol–water partition coefficient (Wildman–Crippen LogP) is 0.722. The SMILES string of the molecule is CP(=O)(O)c1cccc(NCc2cnc3nc(N)nc(N)c3n2)c1. The first-order valence-corrected chi connectivity index (χ1v) is 9.13. The van der Waals surface area contributed by atoms with Crippen LogP contribution in [0.5, 0.6) is 0 Å². The van der Waals surface area contributed by atoms with E-state index in [0.717, 1.165) is 0 Å². The lowest BCUT2D eigenvalue weighted by Gasteiger charge is -2.10. The maximum atomic E-state index is 11.7. The fourth-order valence-electron chi connectivity index (χ4n) is 2.13. The lowest BCUT2D eigenvalue weighted by molar-refractivity contribution is 0.496. The lowest BCUT2D eigenvalue weighted by Crippen LogP contribution is -2.08. The van der Waals surface area contributed by atoms with Gasteiger partial charge in [0.15, 0.2) is 17.0 Å². The van der Waals surface area contributed by atoms with E-state index >= 15 is 0 Å². The van der Waals surface area contributed by atoms with Crippen molar-refractivity contribution in [3.8, 4) is 0 Å². The van der Waals surface area contributed by atoms with Crippen molar-refractivity contribution in [1.82, 2.24) is 19.9 Å². The topological polar surface area (TPSA) is 153 Å². The lowest BCUT2D eigenvalue weighted by atomic mass is 10.3. The summed E-state index contributed by atoms with van der Waals surface area (Å²) in [4.78, 5) is 26.0. The van der Waals surface area contributed by atoms with Gasteiger partial charge in [-0.25, -0.2) is 9.97 Å². The van der Waals surface area contributed by atoms with Gasteiger partial charge in [0.05, 0.1) is 18.4 Å². The Balaban J connectivity index is 1.82. The van der Waals surface area contributed by atoms with E-state index < -0.39 is 7.37 Å². The van der Waals surface area contributed by atoms with Crippen LogP contribution in [0.3, 0.4) is 0 Å². The first-order valence-electron chi connectivity index (χ1n) is 7.02. The molecule has 0 amide bonds. The van der Waals surface area contributed by atoms with Crippen LogP contribution in [0.2, 0.25) is 0 Å². The zero-order chi connectivity index (χ0) is 17.3. The number of benzene rings is 1. The molecule has 10 heteroatoms. The monoisotopic (exact) mass is 345 g/mol. The van der Waals surface area contributed by atoms with Crippen LogP contribution in [0.25, 0.3) is 11.2 Å². The van der Waals surface area contributed by atoms with E-state index in [1.54, 1.807) is 30.5 Å². The number of nitrogens with two attached hydrogens (primary N) is 2. The highest BCUT2D eigenvalue weighted by atomic mass is 31.2. The second kappa shape index (κ2) is 6.03. The van der Waals surface area contributed by atoms with E-state index in [2.05, 4.69) is 25.3 Å². The summed E-state index contributed by atoms with van der Waals surface area (Å²) in [5, 5.41) is 3.51. The zero-order valence-electron chi connectivity index (χ0n) is 12.8. The summed E-state index contributed by atoms with van der Waals surface area (Å²) in [6.07, 6.45) is 1.56. The Hall–Kier alpha value is -2.77. The molecule has 1 unspecified atom stereocenters. The smallest absolute Gasteiger partial charge is 0.226 e. The number of aromatic nitrogens is 4. The molecule has 3 rings (SSSR count). The van der Waals surface area contributed by atoms with E-state index in [0.29, 0.717) is 34.4 Å². The Bertz CT molecular complexity index is 957. The van der Waals surface area contributed by atoms with Crippen LogP contribution < -0.4 is 22.1 Å². The van der Waals surface area contributed by atoms with Gasteiger partial charge in [0.25, 0.3) is 0 Å². The fourth-order valence-corrected chi connectivity index (χ4v) is 2.88. The molecule has 6 N–H and O–H groups in total. The van der Waals surface area contributed by atoms with Crippen molar-refractivity contribution in [3.05, 3.63) is 36.2 Å². The first kappa shape index (κ1) is 16.1. The van der Waals surface area contributed by atoms with E-state index in [4.69, 9.17) is 11.5 Å². The van der Waals surface area contributed by atoms with Crippen molar-refractivity contribution >= 4 is 41.3 Å². The second-order valence-corrected chi connectivity index (χ2v) is 7.56. The molecule has 0 radical (unpaired) electrons. The summed E-state index contributed by atoms with van der Waals surface area (Å²) in [7, 11) is -3.30. The minimum atomic E-state index is -3.30. The van der Waals surface area contributed by atoms with Gasteiger partial charge in [0.2, 0.25) is 13.3 Å². The molecule has 0 spiro atoms. The number of hydrogen-bond acceptors (Lipinski definition) is 8. The van der Waals surface area contributed by atoms with E-state index in [1.807, 2.05) is 0 Å². The third-order valence-electron chi connectivity index (χ3n) is 3.30. The average Bonchev–Trinajstić information content (AvgIpc) is 2.52. The highest BCUT2D eigenvalue weighted by molar-refractivity contribution is 7.65. The van der Waals surface area contributed by atoms with Crippen molar-refractivity contribution in [2.24, 2.45) is 0 Å². The molecule has 0 aliphatic heterocycles. The van der Waals surface area contributed by atoms with Crippen molar-refractivity contribution in [3.63, 3.8) is 0 Å². The molecule has 24 heavy (non-hydrogen) atoms. The van der Waals surface area contributed by atoms with Crippen LogP contribution in [-0.2, 0) is 11.1 Å². The van der Waals surface area contributed by atoms with Gasteiger partial charge in [-0.15, -0.1) is 0 Å². The van der Waals surface area contributed by atoms with E-state index in [1.165, 1.54) is 6.66 Å². The summed E-state index contributed by atoms with van der Waals surface area (Å²) in [5.74, 6) is 0.214. The molecule has 1 atom stereocenters. The molecule has 0 saturated heterocycles. The Morgan fingerprint density at radius 2 is 2.04 bits per heavy atom. The van der Waals surface area contributed by atoms with Gasteiger partial charge in [-0.2, -0.15) is 9.97 Å². The Labute approximate surface area is 137 Å². The number of rotatable bonds is 4. The van der Waals surface area contributed by atoms with Crippen molar-refractivity contribution in [2.45, 2.75) is 6.54 Å². The second-order valence-electron chi connectivity index (χ2n) is 5.28. The van der Waals surface area contributed by atoms with Crippen molar-refractivity contribution < 1.29 is 9.46 Å². The largest absolute Gasteiger partial charge is 0.382 e. The van der Waals surface area contributed by atoms with Crippen molar-refractivity contribution in [2.75, 3.05) is 23.4 Å². The van der Waals surface area contributed by atoms with Crippen LogP contribution in [0, 0.1) is 0 Å². The van der Waals surface area contributed by atoms with Gasteiger partial charge >= 0.3 is 0 Å². The molecule has 0 bridgehead atoms. The number of nitrogens with one attached hydrogen (secondary N) is 1. The highest BCUT2D eigenvalue weighted by Crippen LogP contribution is 2.34. The maximum Gasteiger partial charge on any atom is 0.226 e. The van der Waals surface area contributed by atoms with Crippen LogP contribution >= 0.6 is 7.37 Å². The quantitative estimate of drug-likeness (QED) is 0.501. The molecule has 124 valence electrons. The Kier molecular flexibility index (Phi) is 4.04. The number of anilines is 3. The Morgan fingerprint density at radius 3 is 2.79 bits per heavy atom. The van der Waals surface area contributed by atoms with Crippen LogP contribution in [0.1, 0.15) is 5.69 Å². The van der Waals surface area contributed by atoms with Gasteiger partial charge < -0.3 is 21.7 Å². The third kappa shape index (κ3) is 3.42. The normalized spacial score (nSPS) is 13.6. The molecule has 9 nitrogen and oxygen atoms in total. The van der Waals surface area contributed by atoms with Gasteiger partial charge in [-0.05, 0) is 18.2 Å². The standard InChI is InChI=1S/C14H16N7O2P/c1-24(22,23)10-4-2-3-8(5-10)17-6-9-7-18-13-11(19-9)12(15)20-14(16)21-13/h2-5,7,17H,6H2,1H3,(H,22,23)(H4,15,16,18,20,21). The maximum absolute atomic E-state index is 11.7. The molecule has 2 heterocycles. The number of nitrogen functional groups attached to an aromatic ring is 2.